The van der Waals surface area contributed by atoms with Crippen molar-refractivity contribution in [3.8, 4) is 22.9 Å². The zero-order valence-corrected chi connectivity index (χ0v) is 17.8. The van der Waals surface area contributed by atoms with E-state index in [-0.39, 0.29) is 12.3 Å². The minimum absolute atomic E-state index is 0.0291. The molecule has 0 bridgehead atoms. The summed E-state index contributed by atoms with van der Waals surface area (Å²) in [7, 11) is 1.73. The first kappa shape index (κ1) is 21.6. The number of benzene rings is 2. The van der Waals surface area contributed by atoms with Crippen molar-refractivity contribution in [1.82, 2.24) is 15.0 Å². The number of aryl methyl sites for hydroxylation is 1. The molecule has 8 heteroatoms. The van der Waals surface area contributed by atoms with Crippen LogP contribution < -0.4 is 9.47 Å². The third-order valence-corrected chi connectivity index (χ3v) is 4.70. The zero-order chi connectivity index (χ0) is 21.3. The number of carbonyl (C=O) groups is 1. The van der Waals surface area contributed by atoms with Crippen LogP contribution in [0.5, 0.6) is 11.5 Å². The van der Waals surface area contributed by atoms with Crippen molar-refractivity contribution >= 4 is 17.5 Å². The van der Waals surface area contributed by atoms with E-state index in [1.54, 1.807) is 24.1 Å². The molecule has 0 radical (unpaired) electrons. The van der Waals surface area contributed by atoms with Crippen molar-refractivity contribution < 1.29 is 18.8 Å². The first-order valence-electron chi connectivity index (χ1n) is 9.74. The van der Waals surface area contributed by atoms with E-state index in [9.17, 15) is 4.79 Å². The third kappa shape index (κ3) is 5.97. The maximum atomic E-state index is 12.3. The quantitative estimate of drug-likeness (QED) is 0.479. The summed E-state index contributed by atoms with van der Waals surface area (Å²) in [5.41, 5.74) is 0.827. The van der Waals surface area contributed by atoms with Crippen LogP contribution in [0, 0.1) is 0 Å². The number of hydrogen-bond acceptors (Lipinski definition) is 6. The monoisotopic (exact) mass is 429 g/mol. The average molecular weight is 430 g/mol. The van der Waals surface area contributed by atoms with Crippen LogP contribution in [0.3, 0.4) is 0 Å². The maximum absolute atomic E-state index is 12.3. The van der Waals surface area contributed by atoms with Crippen molar-refractivity contribution in [3.05, 3.63) is 59.4 Å². The van der Waals surface area contributed by atoms with E-state index in [1.165, 1.54) is 0 Å². The third-order valence-electron chi connectivity index (χ3n) is 4.39. The molecule has 0 unspecified atom stereocenters. The molecule has 30 heavy (non-hydrogen) atoms. The number of carbonyl (C=O) groups excluding carboxylic acids is 1. The fourth-order valence-corrected chi connectivity index (χ4v) is 2.91. The molecule has 0 aliphatic carbocycles. The fourth-order valence-electron chi connectivity index (χ4n) is 2.72. The lowest BCUT2D eigenvalue weighted by atomic mass is 10.2. The second-order valence-corrected chi connectivity index (χ2v) is 6.97. The Hall–Kier alpha value is -3.06. The molecule has 0 atom stereocenters. The number of nitrogens with zero attached hydrogens (tertiary/aromatic N) is 3. The Balaban J connectivity index is 1.44. The normalized spacial score (nSPS) is 10.6. The van der Waals surface area contributed by atoms with Gasteiger partial charge in [-0.1, -0.05) is 28.9 Å². The van der Waals surface area contributed by atoms with Crippen molar-refractivity contribution in [3.63, 3.8) is 0 Å². The van der Waals surface area contributed by atoms with E-state index >= 15 is 0 Å². The molecular weight excluding hydrogens is 406 g/mol. The van der Waals surface area contributed by atoms with Gasteiger partial charge in [0, 0.05) is 25.5 Å². The molecule has 7 nitrogen and oxygen atoms in total. The number of amides is 1. The van der Waals surface area contributed by atoms with Crippen LogP contribution in [0.1, 0.15) is 19.2 Å². The van der Waals surface area contributed by atoms with E-state index < -0.39 is 0 Å². The number of rotatable bonds is 10. The Kier molecular flexibility index (Phi) is 7.68. The van der Waals surface area contributed by atoms with Gasteiger partial charge in [-0.25, -0.2) is 0 Å². The predicted molar refractivity (Wildman–Crippen MR) is 114 cm³/mol. The number of aromatic nitrogens is 2. The van der Waals surface area contributed by atoms with Crippen LogP contribution in [0.2, 0.25) is 5.02 Å². The number of hydrogen-bond donors (Lipinski definition) is 0. The fraction of sp³-hybridized carbons (Fsp3) is 0.318. The summed E-state index contributed by atoms with van der Waals surface area (Å²) in [5.74, 6) is 2.28. The van der Waals surface area contributed by atoms with Crippen molar-refractivity contribution in [2.24, 2.45) is 0 Å². The Morgan fingerprint density at radius 3 is 2.63 bits per heavy atom. The first-order valence-corrected chi connectivity index (χ1v) is 10.1. The summed E-state index contributed by atoms with van der Waals surface area (Å²) in [5, 5.41) is 4.54. The minimum Gasteiger partial charge on any atom is -0.494 e. The van der Waals surface area contributed by atoms with Gasteiger partial charge < -0.3 is 18.9 Å². The van der Waals surface area contributed by atoms with E-state index in [0.29, 0.717) is 48.7 Å². The summed E-state index contributed by atoms with van der Waals surface area (Å²) in [6.07, 6.45) is 0.645. The second-order valence-electron chi connectivity index (χ2n) is 6.56. The van der Waals surface area contributed by atoms with E-state index in [2.05, 4.69) is 10.1 Å². The molecule has 1 aromatic heterocycles. The van der Waals surface area contributed by atoms with Gasteiger partial charge in [0.25, 0.3) is 0 Å². The molecule has 0 N–H and O–H groups in total. The van der Waals surface area contributed by atoms with Gasteiger partial charge in [-0.15, -0.1) is 0 Å². The van der Waals surface area contributed by atoms with Gasteiger partial charge in [-0.05, 0) is 43.3 Å². The Morgan fingerprint density at radius 2 is 1.90 bits per heavy atom. The van der Waals surface area contributed by atoms with Crippen LogP contribution in [-0.2, 0) is 11.2 Å². The Bertz CT molecular complexity index is 959. The topological polar surface area (TPSA) is 77.7 Å². The largest absolute Gasteiger partial charge is 0.494 e. The molecule has 2 aromatic carbocycles. The maximum Gasteiger partial charge on any atom is 0.227 e. The molecule has 3 aromatic rings. The van der Waals surface area contributed by atoms with Gasteiger partial charge in [0.15, 0.2) is 0 Å². The number of halogens is 1. The van der Waals surface area contributed by atoms with Crippen LogP contribution in [0.4, 0.5) is 0 Å². The molecule has 1 heterocycles. The van der Waals surface area contributed by atoms with Crippen LogP contribution in [0.25, 0.3) is 11.4 Å². The zero-order valence-electron chi connectivity index (χ0n) is 17.0. The van der Waals surface area contributed by atoms with E-state index in [1.807, 2.05) is 43.3 Å². The van der Waals surface area contributed by atoms with E-state index in [4.69, 9.17) is 25.6 Å². The molecule has 0 aliphatic rings. The lowest BCUT2D eigenvalue weighted by molar-refractivity contribution is -0.130. The average Bonchev–Trinajstić information content (AvgIpc) is 3.23. The van der Waals surface area contributed by atoms with Crippen molar-refractivity contribution in [2.75, 3.05) is 26.8 Å². The van der Waals surface area contributed by atoms with Crippen LogP contribution in [0.15, 0.2) is 53.1 Å². The van der Waals surface area contributed by atoms with E-state index in [0.717, 1.165) is 11.3 Å². The smallest absolute Gasteiger partial charge is 0.227 e. The van der Waals surface area contributed by atoms with Crippen molar-refractivity contribution in [2.45, 2.75) is 19.8 Å². The SMILES string of the molecule is CCOc1ccc(-c2noc(CCC(=O)N(C)CCOc3ccccc3Cl)n2)cc1. The highest BCUT2D eigenvalue weighted by molar-refractivity contribution is 6.32. The molecule has 0 saturated carbocycles. The van der Waals surface area contributed by atoms with Gasteiger partial charge >= 0.3 is 0 Å². The van der Waals surface area contributed by atoms with Gasteiger partial charge in [-0.3, -0.25) is 4.79 Å². The summed E-state index contributed by atoms with van der Waals surface area (Å²) in [6, 6.07) is 14.7. The highest BCUT2D eigenvalue weighted by Gasteiger charge is 2.14. The van der Waals surface area contributed by atoms with Gasteiger partial charge in [0.1, 0.15) is 18.1 Å². The number of para-hydroxylation sites is 1. The van der Waals surface area contributed by atoms with Gasteiger partial charge in [0.2, 0.25) is 17.6 Å². The lowest BCUT2D eigenvalue weighted by Crippen LogP contribution is -2.31. The standard InChI is InChI=1S/C22H24ClN3O4/c1-3-28-17-10-8-16(9-11-17)22-24-20(30-25-22)12-13-21(27)26(2)14-15-29-19-7-5-4-6-18(19)23/h4-11H,3,12-15H2,1-2H3. The molecule has 0 fully saturated rings. The molecule has 3 rings (SSSR count). The summed E-state index contributed by atoms with van der Waals surface area (Å²) >= 11 is 6.05. The van der Waals surface area contributed by atoms with Crippen LogP contribution >= 0.6 is 11.6 Å². The molecule has 1 amide bonds. The molecule has 0 spiro atoms. The van der Waals surface area contributed by atoms with Gasteiger partial charge in [-0.2, -0.15) is 4.98 Å². The minimum atomic E-state index is -0.0291. The predicted octanol–water partition coefficient (Wildman–Crippen LogP) is 4.26. The lowest BCUT2D eigenvalue weighted by Gasteiger charge is -2.17. The first-order chi connectivity index (χ1) is 14.6. The van der Waals surface area contributed by atoms with Crippen LogP contribution in [-0.4, -0.2) is 47.8 Å². The number of ether oxygens (including phenoxy) is 2. The Morgan fingerprint density at radius 1 is 1.13 bits per heavy atom. The highest BCUT2D eigenvalue weighted by Crippen LogP contribution is 2.23. The summed E-state index contributed by atoms with van der Waals surface area (Å²) in [4.78, 5) is 18.3. The summed E-state index contributed by atoms with van der Waals surface area (Å²) in [6.45, 7) is 3.35. The van der Waals surface area contributed by atoms with Crippen molar-refractivity contribution in [1.29, 1.82) is 0 Å². The summed E-state index contributed by atoms with van der Waals surface area (Å²) < 4.78 is 16.3. The number of likely N-dealkylation sites (N-methyl/N-ethyl adjacent to an activating group) is 1. The Labute approximate surface area is 180 Å². The molecule has 0 aliphatic heterocycles. The molecular formula is C22H24ClN3O4. The molecule has 158 valence electrons. The molecule has 0 saturated heterocycles. The van der Waals surface area contributed by atoms with Gasteiger partial charge in [0.05, 0.1) is 18.2 Å². The highest BCUT2D eigenvalue weighted by atomic mass is 35.5. The second kappa shape index (κ2) is 10.6.